The summed E-state index contributed by atoms with van der Waals surface area (Å²) in [5.74, 6) is 0.990. The van der Waals surface area contributed by atoms with Gasteiger partial charge < -0.3 is 14.5 Å². The van der Waals surface area contributed by atoms with E-state index < -0.39 is 6.04 Å². The first-order valence-electron chi connectivity index (χ1n) is 9.52. The summed E-state index contributed by atoms with van der Waals surface area (Å²) in [7, 11) is 1.58. The molecule has 0 aliphatic heterocycles. The van der Waals surface area contributed by atoms with Crippen LogP contribution in [0.15, 0.2) is 50.3 Å². The molecule has 0 saturated carbocycles. The molecular weight excluding hydrogens is 452 g/mol. The number of nitrogens with one attached hydrogen (secondary N) is 1. The van der Waals surface area contributed by atoms with Gasteiger partial charge in [-0.15, -0.1) is 0 Å². The van der Waals surface area contributed by atoms with Crippen molar-refractivity contribution in [3.8, 4) is 5.75 Å². The number of aromatic nitrogens is 3. The van der Waals surface area contributed by atoms with Crippen LogP contribution in [0.5, 0.6) is 5.75 Å². The van der Waals surface area contributed by atoms with E-state index >= 15 is 0 Å². The molecule has 0 unspecified atom stereocenters. The van der Waals surface area contributed by atoms with Crippen LogP contribution in [0.25, 0.3) is 16.6 Å². The zero-order valence-electron chi connectivity index (χ0n) is 16.8. The second kappa shape index (κ2) is 7.98. The summed E-state index contributed by atoms with van der Waals surface area (Å²) in [5.41, 5.74) is 2.30. The third kappa shape index (κ3) is 3.39. The molecule has 3 aromatic heterocycles. The summed E-state index contributed by atoms with van der Waals surface area (Å²) in [6, 6.07) is 8.32. The van der Waals surface area contributed by atoms with E-state index in [1.165, 1.54) is 4.68 Å². The normalized spacial score (nSPS) is 12.4. The minimum Gasteiger partial charge on any atom is -0.496 e. The molecule has 1 amide bonds. The molecular formula is C21H21BrN4O4. The van der Waals surface area contributed by atoms with Gasteiger partial charge in [0.25, 0.3) is 5.56 Å². The van der Waals surface area contributed by atoms with Crippen LogP contribution in [0.3, 0.4) is 0 Å². The van der Waals surface area contributed by atoms with Crippen LogP contribution in [-0.4, -0.2) is 27.2 Å². The summed E-state index contributed by atoms with van der Waals surface area (Å²) in [4.78, 5) is 26.1. The molecule has 156 valence electrons. The molecule has 4 aromatic rings. The Kier molecular flexibility index (Phi) is 5.38. The van der Waals surface area contributed by atoms with Crippen LogP contribution >= 0.6 is 15.9 Å². The van der Waals surface area contributed by atoms with Crippen LogP contribution in [0.4, 0.5) is 0 Å². The fourth-order valence-electron chi connectivity index (χ4n) is 3.66. The Labute approximate surface area is 180 Å². The van der Waals surface area contributed by atoms with Gasteiger partial charge >= 0.3 is 0 Å². The van der Waals surface area contributed by atoms with E-state index in [2.05, 4.69) is 26.3 Å². The van der Waals surface area contributed by atoms with Crippen molar-refractivity contribution in [2.75, 3.05) is 7.11 Å². The predicted octanol–water partition coefficient (Wildman–Crippen LogP) is 3.59. The molecule has 1 N–H and O–H groups in total. The van der Waals surface area contributed by atoms with E-state index in [0.717, 1.165) is 15.6 Å². The topological polar surface area (TPSA) is 90.8 Å². The minimum absolute atomic E-state index is 0.270. The number of hydrogen-bond donors (Lipinski definition) is 1. The van der Waals surface area contributed by atoms with Gasteiger partial charge in [-0.3, -0.25) is 14.0 Å². The summed E-state index contributed by atoms with van der Waals surface area (Å²) < 4.78 is 14.7. The van der Waals surface area contributed by atoms with Crippen molar-refractivity contribution in [2.24, 2.45) is 0 Å². The zero-order valence-corrected chi connectivity index (χ0v) is 18.4. The third-order valence-electron chi connectivity index (χ3n) is 5.11. The first kappa shape index (κ1) is 20.2. The van der Waals surface area contributed by atoms with Crippen molar-refractivity contribution in [3.63, 3.8) is 0 Å². The van der Waals surface area contributed by atoms with E-state index in [1.54, 1.807) is 36.8 Å². The highest BCUT2D eigenvalue weighted by molar-refractivity contribution is 9.10. The number of ether oxygens (including phenoxy) is 1. The summed E-state index contributed by atoms with van der Waals surface area (Å²) in [6.45, 7) is 3.92. The standard InChI is InChI=1S/C21H21BrN4O4/c1-4-15(20(27)23-11-13-9-14(22)5-6-18(13)29-3)26-21(28)17-10-19-16(7-8-30-19)25(17)12(2)24-26/h5-10,15H,4,11H2,1-3H3,(H,23,27)/t15-/m0/s1. The number of hydrogen-bond acceptors (Lipinski definition) is 5. The second-order valence-corrected chi connectivity index (χ2v) is 7.85. The molecule has 30 heavy (non-hydrogen) atoms. The van der Waals surface area contributed by atoms with Crippen LogP contribution in [0.1, 0.15) is 30.8 Å². The molecule has 9 heteroatoms. The molecule has 4 rings (SSSR count). The second-order valence-electron chi connectivity index (χ2n) is 6.93. The minimum atomic E-state index is -0.736. The Morgan fingerprint density at radius 3 is 2.83 bits per heavy atom. The van der Waals surface area contributed by atoms with Gasteiger partial charge in [0.15, 0.2) is 5.58 Å². The average Bonchev–Trinajstić information content (AvgIpc) is 3.32. The highest BCUT2D eigenvalue weighted by Gasteiger charge is 2.24. The molecule has 0 fully saturated rings. The highest BCUT2D eigenvalue weighted by Crippen LogP contribution is 2.24. The van der Waals surface area contributed by atoms with Gasteiger partial charge in [0.05, 0.1) is 18.9 Å². The van der Waals surface area contributed by atoms with Crippen LogP contribution in [0.2, 0.25) is 0 Å². The third-order valence-corrected chi connectivity index (χ3v) is 5.60. The molecule has 0 saturated heterocycles. The number of methoxy groups -OCH3 is 1. The number of nitrogens with zero attached hydrogens (tertiary/aromatic N) is 3. The maximum atomic E-state index is 13.1. The SMILES string of the molecule is CC[C@@H](C(=O)NCc1cc(Br)ccc1OC)n1nc(C)n2c(cc3occc32)c1=O. The van der Waals surface area contributed by atoms with Gasteiger partial charge in [0.2, 0.25) is 5.91 Å². The van der Waals surface area contributed by atoms with Gasteiger partial charge in [-0.25, -0.2) is 4.68 Å². The van der Waals surface area contributed by atoms with Gasteiger partial charge in [0.1, 0.15) is 23.1 Å². The van der Waals surface area contributed by atoms with Crippen molar-refractivity contribution in [1.82, 2.24) is 19.5 Å². The van der Waals surface area contributed by atoms with Crippen molar-refractivity contribution in [1.29, 1.82) is 0 Å². The highest BCUT2D eigenvalue weighted by atomic mass is 79.9. The number of aryl methyl sites for hydroxylation is 1. The van der Waals surface area contributed by atoms with Gasteiger partial charge in [-0.1, -0.05) is 22.9 Å². The van der Waals surface area contributed by atoms with E-state index in [-0.39, 0.29) is 18.0 Å². The van der Waals surface area contributed by atoms with E-state index in [4.69, 9.17) is 9.15 Å². The van der Waals surface area contributed by atoms with E-state index in [1.807, 2.05) is 25.1 Å². The lowest BCUT2D eigenvalue weighted by atomic mass is 10.1. The molecule has 8 nitrogen and oxygen atoms in total. The van der Waals surface area contributed by atoms with Crippen molar-refractivity contribution in [2.45, 2.75) is 32.9 Å². The number of furan rings is 1. The Hall–Kier alpha value is -3.07. The molecule has 0 bridgehead atoms. The number of carbonyl (C=O) groups is 1. The molecule has 0 spiro atoms. The lowest BCUT2D eigenvalue weighted by Gasteiger charge is -2.18. The van der Waals surface area contributed by atoms with Crippen molar-refractivity contribution in [3.05, 3.63) is 62.8 Å². The molecule has 0 radical (unpaired) electrons. The molecule has 1 atom stereocenters. The predicted molar refractivity (Wildman–Crippen MR) is 116 cm³/mol. The Balaban J connectivity index is 1.66. The molecule has 1 aromatic carbocycles. The Morgan fingerprint density at radius 1 is 1.30 bits per heavy atom. The van der Waals surface area contributed by atoms with Crippen LogP contribution < -0.4 is 15.6 Å². The Bertz CT molecular complexity index is 1300. The van der Waals surface area contributed by atoms with Crippen LogP contribution in [0, 0.1) is 6.92 Å². The first-order chi connectivity index (χ1) is 14.4. The average molecular weight is 473 g/mol. The van der Waals surface area contributed by atoms with Gasteiger partial charge in [-0.2, -0.15) is 5.10 Å². The summed E-state index contributed by atoms with van der Waals surface area (Å²) in [5, 5.41) is 7.33. The smallest absolute Gasteiger partial charge is 0.291 e. The number of fused-ring (bicyclic) bond motifs is 3. The van der Waals surface area contributed by atoms with E-state index in [0.29, 0.717) is 29.1 Å². The molecule has 0 aliphatic rings. The lowest BCUT2D eigenvalue weighted by Crippen LogP contribution is -2.39. The molecule has 0 aliphatic carbocycles. The Morgan fingerprint density at radius 2 is 2.10 bits per heavy atom. The summed E-state index contributed by atoms with van der Waals surface area (Å²) >= 11 is 3.43. The number of benzene rings is 1. The van der Waals surface area contributed by atoms with Crippen LogP contribution in [-0.2, 0) is 11.3 Å². The van der Waals surface area contributed by atoms with Crippen molar-refractivity contribution >= 4 is 38.5 Å². The van der Waals surface area contributed by atoms with Crippen molar-refractivity contribution < 1.29 is 13.9 Å². The largest absolute Gasteiger partial charge is 0.496 e. The quantitative estimate of drug-likeness (QED) is 0.462. The first-order valence-corrected chi connectivity index (χ1v) is 10.3. The maximum Gasteiger partial charge on any atom is 0.291 e. The van der Waals surface area contributed by atoms with Gasteiger partial charge in [-0.05, 0) is 31.5 Å². The number of rotatable bonds is 6. The van der Waals surface area contributed by atoms with E-state index in [9.17, 15) is 9.59 Å². The zero-order chi connectivity index (χ0) is 21.4. The number of halogens is 1. The number of amides is 1. The lowest BCUT2D eigenvalue weighted by molar-refractivity contribution is -0.125. The fourth-order valence-corrected chi connectivity index (χ4v) is 4.07. The fraction of sp³-hybridized carbons (Fsp3) is 0.286. The number of carbonyl (C=O) groups excluding carboxylic acids is 1. The summed E-state index contributed by atoms with van der Waals surface area (Å²) in [6.07, 6.45) is 1.99. The maximum absolute atomic E-state index is 13.1. The van der Waals surface area contributed by atoms with Gasteiger partial charge in [0, 0.05) is 28.7 Å². The monoisotopic (exact) mass is 472 g/mol. The molecule has 3 heterocycles.